The van der Waals surface area contributed by atoms with E-state index >= 15 is 0 Å². The van der Waals surface area contributed by atoms with E-state index in [4.69, 9.17) is 9.47 Å². The van der Waals surface area contributed by atoms with Gasteiger partial charge in [0.25, 0.3) is 0 Å². The summed E-state index contributed by atoms with van der Waals surface area (Å²) < 4.78 is 38.6. The van der Waals surface area contributed by atoms with E-state index in [9.17, 15) is 8.42 Å². The lowest BCUT2D eigenvalue weighted by Crippen LogP contribution is -2.35. The summed E-state index contributed by atoms with van der Waals surface area (Å²) in [5.74, 6) is 1.01. The Labute approximate surface area is 133 Å². The average Bonchev–Trinajstić information content (AvgIpc) is 2.51. The van der Waals surface area contributed by atoms with Crippen LogP contribution in [-0.2, 0) is 10.0 Å². The molecule has 1 aromatic carbocycles. The van der Waals surface area contributed by atoms with E-state index < -0.39 is 10.0 Å². The summed E-state index contributed by atoms with van der Waals surface area (Å²) in [5, 5.41) is 0. The molecule has 1 heterocycles. The molecule has 0 aliphatic carbocycles. The molecule has 0 unspecified atom stereocenters. The Balaban J connectivity index is 2.47. The van der Waals surface area contributed by atoms with Gasteiger partial charge in [-0.15, -0.1) is 0 Å². The molecule has 124 valence electrons. The zero-order chi connectivity index (χ0) is 16.2. The molecule has 1 aliphatic heterocycles. The standard InChI is InChI=1S/C16H25NO4S/c1-4-20-14-12-16(15(21-5-2)11-13(14)3)22(18,19)17-9-7-6-8-10-17/h11-12H,4-10H2,1-3H3. The lowest BCUT2D eigenvalue weighted by molar-refractivity contribution is 0.315. The van der Waals surface area contributed by atoms with Crippen molar-refractivity contribution in [2.24, 2.45) is 0 Å². The smallest absolute Gasteiger partial charge is 0.246 e. The average molecular weight is 327 g/mol. The molecule has 1 aliphatic rings. The molecule has 0 bridgehead atoms. The summed E-state index contributed by atoms with van der Waals surface area (Å²) in [4.78, 5) is 0.213. The van der Waals surface area contributed by atoms with Crippen molar-refractivity contribution < 1.29 is 17.9 Å². The van der Waals surface area contributed by atoms with Crippen molar-refractivity contribution in [1.82, 2.24) is 4.31 Å². The first-order chi connectivity index (χ1) is 10.5. The Morgan fingerprint density at radius 3 is 2.18 bits per heavy atom. The van der Waals surface area contributed by atoms with E-state index in [2.05, 4.69) is 0 Å². The molecular formula is C16H25NO4S. The van der Waals surface area contributed by atoms with Crippen LogP contribution in [0.4, 0.5) is 0 Å². The van der Waals surface area contributed by atoms with Gasteiger partial charge in [-0.2, -0.15) is 4.31 Å². The number of ether oxygens (including phenoxy) is 2. The first-order valence-electron chi connectivity index (χ1n) is 7.91. The molecule has 1 aromatic rings. The summed E-state index contributed by atoms with van der Waals surface area (Å²) in [7, 11) is -3.54. The minimum Gasteiger partial charge on any atom is -0.494 e. The Bertz CT molecular complexity index is 607. The van der Waals surface area contributed by atoms with Gasteiger partial charge >= 0.3 is 0 Å². The molecule has 22 heavy (non-hydrogen) atoms. The molecule has 2 rings (SSSR count). The van der Waals surface area contributed by atoms with Crippen LogP contribution < -0.4 is 9.47 Å². The number of sulfonamides is 1. The van der Waals surface area contributed by atoms with Crippen molar-refractivity contribution in [2.75, 3.05) is 26.3 Å². The minimum atomic E-state index is -3.54. The molecule has 0 saturated carbocycles. The number of nitrogens with zero attached hydrogens (tertiary/aromatic N) is 1. The number of aryl methyl sites for hydroxylation is 1. The second-order valence-corrected chi connectivity index (χ2v) is 7.30. The van der Waals surface area contributed by atoms with E-state index in [-0.39, 0.29) is 4.90 Å². The third-order valence-corrected chi connectivity index (χ3v) is 5.69. The van der Waals surface area contributed by atoms with Crippen molar-refractivity contribution in [3.63, 3.8) is 0 Å². The van der Waals surface area contributed by atoms with Gasteiger partial charge in [0.2, 0.25) is 10.0 Å². The van der Waals surface area contributed by atoms with Crippen molar-refractivity contribution in [3.05, 3.63) is 17.7 Å². The SMILES string of the molecule is CCOc1cc(S(=O)(=O)N2CCCCC2)c(OCC)cc1C. The first kappa shape index (κ1) is 17.1. The van der Waals surface area contributed by atoms with Crippen molar-refractivity contribution in [2.45, 2.75) is 44.9 Å². The summed E-state index contributed by atoms with van der Waals surface area (Å²) >= 11 is 0. The summed E-state index contributed by atoms with van der Waals surface area (Å²) in [6, 6.07) is 3.36. The molecular weight excluding hydrogens is 302 g/mol. The fraction of sp³-hybridized carbons (Fsp3) is 0.625. The molecule has 1 fully saturated rings. The highest BCUT2D eigenvalue weighted by Gasteiger charge is 2.30. The molecule has 1 saturated heterocycles. The van der Waals surface area contributed by atoms with Gasteiger partial charge in [0.05, 0.1) is 13.2 Å². The van der Waals surface area contributed by atoms with Crippen LogP contribution in [0, 0.1) is 6.92 Å². The van der Waals surface area contributed by atoms with Gasteiger partial charge < -0.3 is 9.47 Å². The number of hydrogen-bond acceptors (Lipinski definition) is 4. The molecule has 0 amide bonds. The third kappa shape index (κ3) is 3.55. The predicted molar refractivity (Wildman–Crippen MR) is 86.1 cm³/mol. The van der Waals surface area contributed by atoms with Crippen LogP contribution in [0.15, 0.2) is 17.0 Å². The second-order valence-electron chi connectivity index (χ2n) is 5.40. The maximum Gasteiger partial charge on any atom is 0.246 e. The number of hydrogen-bond donors (Lipinski definition) is 0. The van der Waals surface area contributed by atoms with Crippen molar-refractivity contribution >= 4 is 10.0 Å². The monoisotopic (exact) mass is 327 g/mol. The largest absolute Gasteiger partial charge is 0.494 e. The Kier molecular flexibility index (Phi) is 5.69. The van der Waals surface area contributed by atoms with Crippen LogP contribution in [0.25, 0.3) is 0 Å². The fourth-order valence-electron chi connectivity index (χ4n) is 2.67. The third-order valence-electron chi connectivity index (χ3n) is 3.77. The molecule has 6 heteroatoms. The zero-order valence-electron chi connectivity index (χ0n) is 13.6. The molecule has 0 aromatic heterocycles. The minimum absolute atomic E-state index is 0.213. The summed E-state index contributed by atoms with van der Waals surface area (Å²) in [5.41, 5.74) is 0.878. The number of benzene rings is 1. The highest BCUT2D eigenvalue weighted by Crippen LogP contribution is 2.34. The van der Waals surface area contributed by atoms with Crippen LogP contribution in [-0.4, -0.2) is 39.0 Å². The predicted octanol–water partition coefficient (Wildman–Crippen LogP) is 2.97. The van der Waals surface area contributed by atoms with Crippen LogP contribution in [0.2, 0.25) is 0 Å². The van der Waals surface area contributed by atoms with Gasteiger partial charge in [0.15, 0.2) is 0 Å². The quantitative estimate of drug-likeness (QED) is 0.806. The van der Waals surface area contributed by atoms with Crippen LogP contribution in [0.3, 0.4) is 0 Å². The molecule has 0 radical (unpaired) electrons. The van der Waals surface area contributed by atoms with Crippen molar-refractivity contribution in [3.8, 4) is 11.5 Å². The topological polar surface area (TPSA) is 55.8 Å². The lowest BCUT2D eigenvalue weighted by atomic mass is 10.2. The number of rotatable bonds is 6. The Morgan fingerprint density at radius 1 is 1.00 bits per heavy atom. The summed E-state index contributed by atoms with van der Waals surface area (Å²) in [6.45, 7) is 7.70. The van der Waals surface area contributed by atoms with Crippen molar-refractivity contribution in [1.29, 1.82) is 0 Å². The van der Waals surface area contributed by atoms with E-state index in [0.29, 0.717) is 37.8 Å². The molecule has 0 atom stereocenters. The van der Waals surface area contributed by atoms with E-state index in [1.807, 2.05) is 20.8 Å². The highest BCUT2D eigenvalue weighted by atomic mass is 32.2. The Hall–Kier alpha value is -1.27. The van der Waals surface area contributed by atoms with E-state index in [1.54, 1.807) is 16.4 Å². The van der Waals surface area contributed by atoms with Gasteiger partial charge in [0.1, 0.15) is 16.4 Å². The zero-order valence-corrected chi connectivity index (χ0v) is 14.4. The van der Waals surface area contributed by atoms with Gasteiger partial charge in [-0.3, -0.25) is 0 Å². The van der Waals surface area contributed by atoms with Crippen LogP contribution >= 0.6 is 0 Å². The molecule has 0 spiro atoms. The maximum absolute atomic E-state index is 12.9. The lowest BCUT2D eigenvalue weighted by Gasteiger charge is -2.27. The Morgan fingerprint density at radius 2 is 1.59 bits per heavy atom. The van der Waals surface area contributed by atoms with Gasteiger partial charge in [-0.05, 0) is 45.2 Å². The van der Waals surface area contributed by atoms with Gasteiger partial charge in [-0.25, -0.2) is 8.42 Å². The summed E-state index contributed by atoms with van der Waals surface area (Å²) in [6.07, 6.45) is 2.91. The van der Waals surface area contributed by atoms with E-state index in [0.717, 1.165) is 24.8 Å². The van der Waals surface area contributed by atoms with Gasteiger partial charge in [-0.1, -0.05) is 6.42 Å². The normalized spacial score (nSPS) is 16.5. The first-order valence-corrected chi connectivity index (χ1v) is 9.35. The number of piperidine rings is 1. The highest BCUT2D eigenvalue weighted by molar-refractivity contribution is 7.89. The second kappa shape index (κ2) is 7.33. The van der Waals surface area contributed by atoms with E-state index in [1.165, 1.54) is 0 Å². The maximum atomic E-state index is 12.9. The fourth-order valence-corrected chi connectivity index (χ4v) is 4.31. The molecule has 0 N–H and O–H groups in total. The van der Waals surface area contributed by atoms with Crippen LogP contribution in [0.1, 0.15) is 38.7 Å². The van der Waals surface area contributed by atoms with Gasteiger partial charge in [0, 0.05) is 19.2 Å². The molecule has 5 nitrogen and oxygen atoms in total. The van der Waals surface area contributed by atoms with Crippen LogP contribution in [0.5, 0.6) is 11.5 Å².